The fourth-order valence-electron chi connectivity index (χ4n) is 7.31. The molecule has 0 radical (unpaired) electrons. The summed E-state index contributed by atoms with van der Waals surface area (Å²) in [7, 11) is 0. The number of halogens is 5. The SMILES string of the molecule is BrCCn1cccn1.CC#N.N#Cc1ccc(N2CCN(CCn3cccn3)C[C@H]2c2ccc(Cl)cc2)c(Cl)c1.N#Cc1ccc(N2CCNC[C@H]2c2ccc(Cl)cc2)c(Cl)c1.O=CO[O-].[H-].[K+].[K+].c1cn[nH]c1. The van der Waals surface area contributed by atoms with Gasteiger partial charge in [0, 0.05) is 105 Å². The molecule has 2 N–H and O–H groups in total. The summed E-state index contributed by atoms with van der Waals surface area (Å²) in [5.74, 6) is 0. The molecule has 9 rings (SSSR count). The van der Waals surface area contributed by atoms with Crippen LogP contribution in [-0.4, -0.2) is 92.3 Å². The van der Waals surface area contributed by atoms with Crippen molar-refractivity contribution in [3.8, 4) is 18.2 Å². The fourth-order valence-corrected chi connectivity index (χ4v) is 8.50. The Balaban J connectivity index is 0.000000532. The van der Waals surface area contributed by atoms with E-state index in [1.54, 1.807) is 43.0 Å². The van der Waals surface area contributed by atoms with E-state index < -0.39 is 0 Å². The van der Waals surface area contributed by atoms with Crippen molar-refractivity contribution in [1.29, 1.82) is 15.8 Å². The van der Waals surface area contributed by atoms with E-state index in [1.807, 2.05) is 101 Å². The van der Waals surface area contributed by atoms with Gasteiger partial charge in [0.25, 0.3) is 6.47 Å². The van der Waals surface area contributed by atoms with Crippen molar-refractivity contribution in [2.75, 3.05) is 60.9 Å². The Bertz CT molecular complexity index is 2700. The van der Waals surface area contributed by atoms with Crippen molar-refractivity contribution in [2.45, 2.75) is 32.1 Å². The number of nitrogens with zero attached hydrogens (tertiary/aromatic N) is 11. The van der Waals surface area contributed by atoms with Gasteiger partial charge in [0.05, 0.1) is 75.9 Å². The van der Waals surface area contributed by atoms with Crippen molar-refractivity contribution in [3.63, 3.8) is 0 Å². The zero-order valence-electron chi connectivity index (χ0n) is 41.6. The molecule has 23 heteroatoms. The number of aromatic nitrogens is 6. The van der Waals surface area contributed by atoms with E-state index in [4.69, 9.17) is 72.2 Å². The number of hydrogen-bond acceptors (Lipinski definition) is 13. The van der Waals surface area contributed by atoms with Crippen LogP contribution in [0, 0.1) is 34.0 Å². The predicted molar refractivity (Wildman–Crippen MR) is 281 cm³/mol. The van der Waals surface area contributed by atoms with E-state index in [1.165, 1.54) is 18.1 Å². The molecule has 0 saturated carbocycles. The van der Waals surface area contributed by atoms with E-state index >= 15 is 0 Å². The van der Waals surface area contributed by atoms with Crippen LogP contribution in [0.25, 0.3) is 0 Å². The maximum Gasteiger partial charge on any atom is 1.00 e. The van der Waals surface area contributed by atoms with Crippen LogP contribution >= 0.6 is 62.3 Å². The molecule has 0 spiro atoms. The van der Waals surface area contributed by atoms with Crippen LogP contribution in [0.2, 0.25) is 20.1 Å². The molecule has 0 bridgehead atoms. The monoisotopic (exact) mass is 1180 g/mol. The predicted octanol–water partition coefficient (Wildman–Crippen LogP) is 3.41. The minimum absolute atomic E-state index is 0. The molecule has 0 aliphatic carbocycles. The minimum atomic E-state index is -0.181. The first-order chi connectivity index (χ1) is 34.6. The van der Waals surface area contributed by atoms with Crippen LogP contribution in [0.3, 0.4) is 0 Å². The Labute approximate surface area is 541 Å². The Morgan fingerprint density at radius 2 is 1.25 bits per heavy atom. The first kappa shape index (κ1) is 66.0. The van der Waals surface area contributed by atoms with Gasteiger partial charge in [-0.15, -0.1) is 0 Å². The van der Waals surface area contributed by atoms with Gasteiger partial charge in [-0.05, 0) is 90.0 Å². The maximum atomic E-state index is 9.14. The molecular formula is C50H52BrCl4K2N13O3. The zero-order valence-corrected chi connectivity index (χ0v) is 51.5. The molecule has 372 valence electrons. The zero-order chi connectivity index (χ0) is 51.2. The third kappa shape index (κ3) is 23.3. The number of H-pyrrole nitrogens is 1. The van der Waals surface area contributed by atoms with Gasteiger partial charge in [-0.25, -0.2) is 0 Å². The van der Waals surface area contributed by atoms with E-state index in [0.717, 1.165) is 85.7 Å². The van der Waals surface area contributed by atoms with Crippen molar-refractivity contribution in [3.05, 3.63) is 183 Å². The van der Waals surface area contributed by atoms with Gasteiger partial charge in [-0.2, -0.15) is 31.1 Å². The smallest absolute Gasteiger partial charge is 1.00 e. The largest absolute Gasteiger partial charge is 1.00 e. The molecule has 7 aromatic rings. The molecule has 2 fully saturated rings. The molecule has 16 nitrogen and oxygen atoms in total. The van der Waals surface area contributed by atoms with E-state index in [2.05, 4.69) is 85.5 Å². The first-order valence-electron chi connectivity index (χ1n) is 21.9. The van der Waals surface area contributed by atoms with Gasteiger partial charge in [-0.1, -0.05) is 86.6 Å². The van der Waals surface area contributed by atoms with Gasteiger partial charge >= 0.3 is 103 Å². The second-order valence-corrected chi connectivity index (χ2v) is 17.5. The van der Waals surface area contributed by atoms with Gasteiger partial charge in [0.15, 0.2) is 0 Å². The van der Waals surface area contributed by atoms with Crippen molar-refractivity contribution in [1.82, 2.24) is 40.0 Å². The Morgan fingerprint density at radius 1 is 0.740 bits per heavy atom. The van der Waals surface area contributed by atoms with Gasteiger partial charge in [0.2, 0.25) is 0 Å². The number of benzene rings is 4. The second-order valence-electron chi connectivity index (χ2n) is 15.0. The van der Waals surface area contributed by atoms with Crippen LogP contribution in [0.1, 0.15) is 42.7 Å². The molecule has 2 aliphatic rings. The number of alkyl halides is 1. The minimum Gasteiger partial charge on any atom is -1.00 e. The standard InChI is InChI=1S/C22H21Cl2N5.C17H15Cl2N3.C5H7BrN2.C3H4N2.C2H3N.CH2O3.2K.H/c23-19-5-3-18(4-6-19)22-16-27(10-12-28-9-1-8-26-28)11-13-29(22)21-7-2-17(15-25)14-20(21)24;18-14-4-2-13(3-5-14)17-11-21-7-8-22(17)16-6-1-12(10-20)9-15(16)19;6-2-5-8-4-1-3-7-8;1-2-4-5-3-1;1-2-3;2-1-4-3;;;/h1-9,14,22H,10-13,16H2;1-6,9,17,21H,7-8,11H2;1,3-4H,2,5H2;1-3H,(H,4,5);1H3;1,3H;;;/q;;;;;;2*+1;-1/p-1/t22-;17-;;;;;;;/m00......./s1. The Kier molecular flexibility index (Phi) is 34.7. The summed E-state index contributed by atoms with van der Waals surface area (Å²) in [6.45, 7) is 9.25. The summed E-state index contributed by atoms with van der Waals surface area (Å²) in [4.78, 5) is 18.3. The molecule has 2 saturated heterocycles. The second kappa shape index (κ2) is 38.4. The van der Waals surface area contributed by atoms with Crippen molar-refractivity contribution >= 4 is 80.2 Å². The number of rotatable bonds is 10. The van der Waals surface area contributed by atoms with Gasteiger partial charge < -0.3 is 26.7 Å². The molecule has 73 heavy (non-hydrogen) atoms. The molecule has 3 aromatic heterocycles. The number of carbonyl (C=O) groups excluding carboxylic acids is 1. The summed E-state index contributed by atoms with van der Waals surface area (Å²) in [5.41, 5.74) is 5.45. The number of aromatic amines is 1. The third-order valence-electron chi connectivity index (χ3n) is 10.5. The molecule has 2 aliphatic heterocycles. The van der Waals surface area contributed by atoms with E-state index in [9.17, 15) is 0 Å². The summed E-state index contributed by atoms with van der Waals surface area (Å²) < 4.78 is 3.84. The Morgan fingerprint density at radius 3 is 1.66 bits per heavy atom. The normalized spacial score (nSPS) is 14.3. The maximum absolute atomic E-state index is 9.14. The number of aryl methyl sites for hydroxylation is 1. The first-order valence-corrected chi connectivity index (χ1v) is 24.6. The van der Waals surface area contributed by atoms with E-state index in [-0.39, 0.29) is 123 Å². The van der Waals surface area contributed by atoms with Crippen LogP contribution in [0.5, 0.6) is 0 Å². The van der Waals surface area contributed by atoms with Crippen LogP contribution in [0.15, 0.2) is 140 Å². The number of nitriles is 3. The van der Waals surface area contributed by atoms with Crippen LogP contribution < -0.4 is 123 Å². The van der Waals surface area contributed by atoms with Crippen LogP contribution in [-0.2, 0) is 22.8 Å². The number of nitrogens with one attached hydrogen (secondary N) is 2. The molecular weight excluding hydrogens is 1130 g/mol. The number of anilines is 2. The number of piperazine rings is 2. The molecule has 5 heterocycles. The number of hydrogen-bond donors (Lipinski definition) is 2. The van der Waals surface area contributed by atoms with E-state index in [0.29, 0.717) is 21.2 Å². The molecule has 0 unspecified atom stereocenters. The van der Waals surface area contributed by atoms with Crippen molar-refractivity contribution in [2.24, 2.45) is 0 Å². The molecule has 0 amide bonds. The summed E-state index contributed by atoms with van der Waals surface area (Å²) >= 11 is 28.3. The Hall–Kier alpha value is -3.16. The van der Waals surface area contributed by atoms with Gasteiger partial charge in [-0.3, -0.25) is 24.2 Å². The average Bonchev–Trinajstić information content (AvgIpc) is 4.25. The summed E-state index contributed by atoms with van der Waals surface area (Å²) in [6.07, 6.45) is 11.0. The van der Waals surface area contributed by atoms with Crippen LogP contribution in [0.4, 0.5) is 11.4 Å². The van der Waals surface area contributed by atoms with Gasteiger partial charge in [0.1, 0.15) is 0 Å². The summed E-state index contributed by atoms with van der Waals surface area (Å²) in [6, 6.07) is 38.9. The molecule has 4 aromatic carbocycles. The molecule has 2 atom stereocenters. The summed E-state index contributed by atoms with van der Waals surface area (Å²) in [5, 5.41) is 55.4. The number of carbonyl (C=O) groups is 1. The van der Waals surface area contributed by atoms with Crippen molar-refractivity contribution < 1.29 is 119 Å². The topological polar surface area (TPSA) is 207 Å². The third-order valence-corrected chi connectivity index (χ3v) is 12.0. The fraction of sp³-hybridized carbons (Fsp3) is 0.260. The quantitative estimate of drug-likeness (QED) is 0.0664. The average molecular weight is 1180 g/mol.